The Bertz CT molecular complexity index is 742. The first-order chi connectivity index (χ1) is 12.0. The van der Waals surface area contributed by atoms with Crippen LogP contribution in [0.3, 0.4) is 0 Å². The number of esters is 1. The van der Waals surface area contributed by atoms with Gasteiger partial charge in [-0.1, -0.05) is 38.1 Å². The summed E-state index contributed by atoms with van der Waals surface area (Å²) < 4.78 is 10.7. The van der Waals surface area contributed by atoms with Crippen molar-refractivity contribution >= 4 is 17.6 Å². The minimum absolute atomic E-state index is 0.0920. The summed E-state index contributed by atoms with van der Waals surface area (Å²) in [5.41, 5.74) is 1.64. The Labute approximate surface area is 148 Å². The van der Waals surface area contributed by atoms with Gasteiger partial charge in [0.15, 0.2) is 6.61 Å². The van der Waals surface area contributed by atoms with Gasteiger partial charge in [-0.25, -0.2) is 0 Å². The van der Waals surface area contributed by atoms with E-state index in [0.717, 1.165) is 17.7 Å². The number of carbonyl (C=O) groups excluding carboxylic acids is 2. The number of ether oxygens (including phenoxy) is 2. The lowest BCUT2D eigenvalue weighted by molar-refractivity contribution is -0.131. The van der Waals surface area contributed by atoms with Gasteiger partial charge in [-0.05, 0) is 36.1 Å². The zero-order valence-electron chi connectivity index (χ0n) is 14.7. The van der Waals surface area contributed by atoms with Gasteiger partial charge in [0.05, 0.1) is 0 Å². The Balaban J connectivity index is 1.97. The Hall–Kier alpha value is -2.82. The quantitative estimate of drug-likeness (QED) is 0.607. The first-order valence-electron chi connectivity index (χ1n) is 8.29. The summed E-state index contributed by atoms with van der Waals surface area (Å²) in [6.45, 7) is 5.48. The summed E-state index contributed by atoms with van der Waals surface area (Å²) in [5, 5.41) is 2.73. The van der Waals surface area contributed by atoms with E-state index in [0.29, 0.717) is 17.4 Å². The van der Waals surface area contributed by atoms with Crippen LogP contribution < -0.4 is 14.8 Å². The number of hydrogen-bond donors (Lipinski definition) is 1. The molecule has 5 nitrogen and oxygen atoms in total. The van der Waals surface area contributed by atoms with Gasteiger partial charge in [-0.3, -0.25) is 9.59 Å². The predicted octanol–water partition coefficient (Wildman–Crippen LogP) is 4.14. The van der Waals surface area contributed by atoms with Gasteiger partial charge < -0.3 is 14.8 Å². The second-order valence-corrected chi connectivity index (χ2v) is 5.81. The third-order valence-electron chi connectivity index (χ3n) is 3.80. The maximum Gasteiger partial charge on any atom is 0.308 e. The molecule has 0 saturated heterocycles. The van der Waals surface area contributed by atoms with Crippen molar-refractivity contribution in [2.24, 2.45) is 0 Å². The van der Waals surface area contributed by atoms with Crippen molar-refractivity contribution in [2.75, 3.05) is 11.9 Å². The van der Waals surface area contributed by atoms with E-state index >= 15 is 0 Å². The summed E-state index contributed by atoms with van der Waals surface area (Å²) in [5.74, 6) is 0.779. The summed E-state index contributed by atoms with van der Waals surface area (Å²) in [7, 11) is 0. The average molecular weight is 341 g/mol. The largest absolute Gasteiger partial charge is 0.483 e. The van der Waals surface area contributed by atoms with Crippen molar-refractivity contribution < 1.29 is 19.1 Å². The number of amides is 1. The molecule has 132 valence electrons. The normalized spacial score (nSPS) is 11.5. The highest BCUT2D eigenvalue weighted by atomic mass is 16.5. The molecule has 0 radical (unpaired) electrons. The van der Waals surface area contributed by atoms with E-state index < -0.39 is 5.97 Å². The van der Waals surface area contributed by atoms with Crippen molar-refractivity contribution in [1.29, 1.82) is 0 Å². The summed E-state index contributed by atoms with van der Waals surface area (Å²) in [6.07, 6.45) is 0.996. The fourth-order valence-corrected chi connectivity index (χ4v) is 2.38. The molecule has 1 amide bonds. The highest BCUT2D eigenvalue weighted by Gasteiger charge is 2.11. The van der Waals surface area contributed by atoms with E-state index in [-0.39, 0.29) is 12.5 Å². The number of hydrogen-bond acceptors (Lipinski definition) is 4. The molecule has 1 N–H and O–H groups in total. The molecule has 25 heavy (non-hydrogen) atoms. The summed E-state index contributed by atoms with van der Waals surface area (Å²) >= 11 is 0. The second-order valence-electron chi connectivity index (χ2n) is 5.81. The maximum atomic E-state index is 12.1. The number of para-hydroxylation sites is 1. The number of benzene rings is 2. The van der Waals surface area contributed by atoms with Gasteiger partial charge in [0.1, 0.15) is 11.5 Å². The molecule has 2 aromatic carbocycles. The monoisotopic (exact) mass is 341 g/mol. The molecule has 0 aliphatic rings. The molecule has 2 rings (SSSR count). The van der Waals surface area contributed by atoms with Crippen molar-refractivity contribution in [3.05, 3.63) is 54.1 Å². The van der Waals surface area contributed by atoms with Crippen molar-refractivity contribution in [2.45, 2.75) is 33.1 Å². The summed E-state index contributed by atoms with van der Waals surface area (Å²) in [6, 6.07) is 14.4. The molecular weight excluding hydrogens is 318 g/mol. The molecule has 1 atom stereocenters. The van der Waals surface area contributed by atoms with E-state index in [1.165, 1.54) is 6.92 Å². The topological polar surface area (TPSA) is 64.6 Å². The number of rotatable bonds is 7. The molecule has 1 unspecified atom stereocenters. The SMILES string of the molecule is CCC(C)c1ccccc1OCC(=O)Nc1cccc(OC(C)=O)c1. The van der Waals surface area contributed by atoms with E-state index in [1.807, 2.05) is 24.3 Å². The van der Waals surface area contributed by atoms with Gasteiger partial charge in [0.2, 0.25) is 0 Å². The molecule has 0 spiro atoms. The van der Waals surface area contributed by atoms with Crippen LogP contribution in [0.15, 0.2) is 48.5 Å². The lowest BCUT2D eigenvalue weighted by atomic mass is 9.98. The highest BCUT2D eigenvalue weighted by molar-refractivity contribution is 5.92. The molecule has 0 aliphatic heterocycles. The Morgan fingerprint density at radius 2 is 1.88 bits per heavy atom. The molecule has 0 heterocycles. The average Bonchev–Trinajstić information content (AvgIpc) is 2.59. The van der Waals surface area contributed by atoms with Gasteiger partial charge in [-0.2, -0.15) is 0 Å². The van der Waals surface area contributed by atoms with E-state index in [9.17, 15) is 9.59 Å². The number of anilines is 1. The molecule has 5 heteroatoms. The van der Waals surface area contributed by atoms with Gasteiger partial charge in [-0.15, -0.1) is 0 Å². The van der Waals surface area contributed by atoms with E-state index in [2.05, 4.69) is 19.2 Å². The molecule has 2 aromatic rings. The maximum absolute atomic E-state index is 12.1. The summed E-state index contributed by atoms with van der Waals surface area (Å²) in [4.78, 5) is 23.1. The van der Waals surface area contributed by atoms with Crippen LogP contribution >= 0.6 is 0 Å². The lowest BCUT2D eigenvalue weighted by Crippen LogP contribution is -2.20. The zero-order valence-corrected chi connectivity index (χ0v) is 14.7. The molecule has 0 saturated carbocycles. The first kappa shape index (κ1) is 18.5. The lowest BCUT2D eigenvalue weighted by Gasteiger charge is -2.15. The molecule has 0 aliphatic carbocycles. The van der Waals surface area contributed by atoms with Crippen molar-refractivity contribution in [3.63, 3.8) is 0 Å². The minimum atomic E-state index is -0.409. The predicted molar refractivity (Wildman–Crippen MR) is 97.0 cm³/mol. The number of carbonyl (C=O) groups is 2. The number of nitrogens with one attached hydrogen (secondary N) is 1. The minimum Gasteiger partial charge on any atom is -0.483 e. The fourth-order valence-electron chi connectivity index (χ4n) is 2.38. The van der Waals surface area contributed by atoms with Crippen LogP contribution in [0.5, 0.6) is 11.5 Å². The third-order valence-corrected chi connectivity index (χ3v) is 3.80. The van der Waals surface area contributed by atoms with Gasteiger partial charge >= 0.3 is 5.97 Å². The first-order valence-corrected chi connectivity index (χ1v) is 8.29. The fraction of sp³-hybridized carbons (Fsp3) is 0.300. The van der Waals surface area contributed by atoms with Gasteiger partial charge in [0, 0.05) is 18.7 Å². The molecular formula is C20H23NO4. The van der Waals surface area contributed by atoms with Crippen LogP contribution in [0.4, 0.5) is 5.69 Å². The van der Waals surface area contributed by atoms with Crippen molar-refractivity contribution in [1.82, 2.24) is 0 Å². The van der Waals surface area contributed by atoms with Crippen LogP contribution in [0.25, 0.3) is 0 Å². The van der Waals surface area contributed by atoms with Crippen LogP contribution in [-0.4, -0.2) is 18.5 Å². The van der Waals surface area contributed by atoms with Crippen LogP contribution in [0.1, 0.15) is 38.7 Å². The van der Waals surface area contributed by atoms with Crippen LogP contribution in [0.2, 0.25) is 0 Å². The van der Waals surface area contributed by atoms with Gasteiger partial charge in [0.25, 0.3) is 5.91 Å². The van der Waals surface area contributed by atoms with Crippen LogP contribution in [-0.2, 0) is 9.59 Å². The van der Waals surface area contributed by atoms with Crippen molar-refractivity contribution in [3.8, 4) is 11.5 Å². The molecule has 0 fully saturated rings. The smallest absolute Gasteiger partial charge is 0.308 e. The molecule has 0 bridgehead atoms. The second kappa shape index (κ2) is 8.87. The Kier molecular flexibility index (Phi) is 6.57. The molecule has 0 aromatic heterocycles. The van der Waals surface area contributed by atoms with E-state index in [4.69, 9.17) is 9.47 Å². The Morgan fingerprint density at radius 1 is 1.12 bits per heavy atom. The third kappa shape index (κ3) is 5.64. The van der Waals surface area contributed by atoms with E-state index in [1.54, 1.807) is 24.3 Å². The van der Waals surface area contributed by atoms with Crippen LogP contribution in [0, 0.1) is 0 Å². The standard InChI is InChI=1S/C20H23NO4/c1-4-14(2)18-10-5-6-11-19(18)24-13-20(23)21-16-8-7-9-17(12-16)25-15(3)22/h5-12,14H,4,13H2,1-3H3,(H,21,23). The zero-order chi connectivity index (χ0) is 18.2. The highest BCUT2D eigenvalue weighted by Crippen LogP contribution is 2.28. The Morgan fingerprint density at radius 3 is 2.60 bits per heavy atom.